The molecule has 3 rings (SSSR count). The highest BCUT2D eigenvalue weighted by atomic mass is 16.4. The predicted octanol–water partition coefficient (Wildman–Crippen LogP) is 1.97. The summed E-state index contributed by atoms with van der Waals surface area (Å²) in [5.74, 6) is -1.35. The molecule has 5 nitrogen and oxygen atoms in total. The summed E-state index contributed by atoms with van der Waals surface area (Å²) in [6.07, 6.45) is 4.94. The van der Waals surface area contributed by atoms with Crippen LogP contribution < -0.4 is 5.32 Å². The number of carbonyl (C=O) groups excluding carboxylic acids is 1. The Balaban J connectivity index is 1.95. The van der Waals surface area contributed by atoms with Crippen molar-refractivity contribution in [3.05, 3.63) is 42.2 Å². The maximum Gasteiger partial charge on any atom is 0.329 e. The maximum atomic E-state index is 12.4. The minimum atomic E-state index is -1.10. The zero-order valence-corrected chi connectivity index (χ0v) is 10.8. The largest absolute Gasteiger partial charge is 0.480 e. The Labute approximate surface area is 115 Å². The lowest BCUT2D eigenvalue weighted by molar-refractivity contribution is -0.148. The number of aromatic nitrogens is 1. The molecule has 1 aliphatic carbocycles. The van der Waals surface area contributed by atoms with Crippen molar-refractivity contribution < 1.29 is 14.7 Å². The van der Waals surface area contributed by atoms with Gasteiger partial charge in [-0.25, -0.2) is 4.79 Å². The number of nitrogens with zero attached hydrogens (tertiary/aromatic N) is 1. The summed E-state index contributed by atoms with van der Waals surface area (Å²) in [6.45, 7) is 0. The molecule has 20 heavy (non-hydrogen) atoms. The second-order valence-electron chi connectivity index (χ2n) is 5.10. The van der Waals surface area contributed by atoms with Crippen LogP contribution in [-0.2, 0) is 4.79 Å². The number of aliphatic carboxylic acids is 1. The maximum absolute atomic E-state index is 12.4. The third kappa shape index (κ3) is 1.91. The van der Waals surface area contributed by atoms with Gasteiger partial charge in [0, 0.05) is 17.8 Å². The SMILES string of the molecule is O=C(NC1(C(=O)O)CCC1)c1cncc2ccccc12. The van der Waals surface area contributed by atoms with Gasteiger partial charge in [-0.15, -0.1) is 0 Å². The zero-order valence-electron chi connectivity index (χ0n) is 10.8. The van der Waals surface area contributed by atoms with Gasteiger partial charge < -0.3 is 10.4 Å². The summed E-state index contributed by atoms with van der Waals surface area (Å²) < 4.78 is 0. The first-order valence-electron chi connectivity index (χ1n) is 6.51. The molecule has 1 aromatic heterocycles. The van der Waals surface area contributed by atoms with E-state index in [0.717, 1.165) is 17.2 Å². The lowest BCUT2D eigenvalue weighted by Crippen LogP contribution is -2.59. The Morgan fingerprint density at radius 1 is 1.20 bits per heavy atom. The number of rotatable bonds is 3. The molecule has 2 aromatic rings. The first kappa shape index (κ1) is 12.6. The van der Waals surface area contributed by atoms with E-state index < -0.39 is 11.5 Å². The van der Waals surface area contributed by atoms with Crippen molar-refractivity contribution in [2.75, 3.05) is 0 Å². The van der Waals surface area contributed by atoms with Crippen LogP contribution in [0.5, 0.6) is 0 Å². The van der Waals surface area contributed by atoms with Gasteiger partial charge in [0.1, 0.15) is 5.54 Å². The second kappa shape index (κ2) is 4.59. The van der Waals surface area contributed by atoms with Gasteiger partial charge in [-0.3, -0.25) is 9.78 Å². The minimum absolute atomic E-state index is 0.378. The number of carbonyl (C=O) groups is 2. The molecule has 2 N–H and O–H groups in total. The summed E-state index contributed by atoms with van der Waals surface area (Å²) in [7, 11) is 0. The highest BCUT2D eigenvalue weighted by Crippen LogP contribution is 2.32. The summed E-state index contributed by atoms with van der Waals surface area (Å²) in [4.78, 5) is 27.7. The van der Waals surface area contributed by atoms with Gasteiger partial charge in [0.2, 0.25) is 0 Å². The molecule has 1 saturated carbocycles. The van der Waals surface area contributed by atoms with Crippen LogP contribution in [0.2, 0.25) is 0 Å². The number of nitrogens with one attached hydrogen (secondary N) is 1. The number of fused-ring (bicyclic) bond motifs is 1. The van der Waals surface area contributed by atoms with Gasteiger partial charge in [0.15, 0.2) is 0 Å². The van der Waals surface area contributed by atoms with E-state index in [4.69, 9.17) is 0 Å². The van der Waals surface area contributed by atoms with Gasteiger partial charge >= 0.3 is 5.97 Å². The van der Waals surface area contributed by atoms with Gasteiger partial charge in [0.05, 0.1) is 5.56 Å². The molecule has 0 atom stereocenters. The zero-order chi connectivity index (χ0) is 14.2. The Morgan fingerprint density at radius 2 is 1.95 bits per heavy atom. The number of carboxylic acids is 1. The number of amides is 1. The third-order valence-electron chi connectivity index (χ3n) is 3.88. The van der Waals surface area contributed by atoms with Crippen molar-refractivity contribution in [2.45, 2.75) is 24.8 Å². The van der Waals surface area contributed by atoms with Crippen molar-refractivity contribution in [2.24, 2.45) is 0 Å². The molecule has 0 spiro atoms. The smallest absolute Gasteiger partial charge is 0.329 e. The Morgan fingerprint density at radius 3 is 2.60 bits per heavy atom. The van der Waals surface area contributed by atoms with E-state index in [1.54, 1.807) is 6.20 Å². The van der Waals surface area contributed by atoms with E-state index in [9.17, 15) is 14.7 Å². The van der Waals surface area contributed by atoms with E-state index in [1.165, 1.54) is 6.20 Å². The van der Waals surface area contributed by atoms with E-state index in [2.05, 4.69) is 10.3 Å². The fraction of sp³-hybridized carbons (Fsp3) is 0.267. The van der Waals surface area contributed by atoms with Gasteiger partial charge in [0.25, 0.3) is 5.91 Å². The van der Waals surface area contributed by atoms with E-state index in [-0.39, 0.29) is 5.91 Å². The summed E-state index contributed by atoms with van der Waals surface area (Å²) >= 11 is 0. The molecule has 0 radical (unpaired) electrons. The molecule has 1 fully saturated rings. The van der Waals surface area contributed by atoms with Crippen LogP contribution in [0, 0.1) is 0 Å². The molecule has 102 valence electrons. The quantitative estimate of drug-likeness (QED) is 0.893. The molecular formula is C15H14N2O3. The number of hydrogen-bond acceptors (Lipinski definition) is 3. The van der Waals surface area contributed by atoms with Crippen LogP contribution >= 0.6 is 0 Å². The third-order valence-corrected chi connectivity index (χ3v) is 3.88. The van der Waals surface area contributed by atoms with Crippen LogP contribution in [0.25, 0.3) is 10.8 Å². The van der Waals surface area contributed by atoms with Gasteiger partial charge in [-0.2, -0.15) is 0 Å². The number of pyridine rings is 1. The normalized spacial score (nSPS) is 16.4. The summed E-state index contributed by atoms with van der Waals surface area (Å²) in [5.41, 5.74) is -0.691. The average Bonchev–Trinajstić information content (AvgIpc) is 2.41. The highest BCUT2D eigenvalue weighted by Gasteiger charge is 2.45. The van der Waals surface area contributed by atoms with Crippen LogP contribution in [0.3, 0.4) is 0 Å². The molecule has 0 bridgehead atoms. The molecule has 0 aliphatic heterocycles. The molecule has 1 aromatic carbocycles. The Kier molecular flexibility index (Phi) is 2.89. The minimum Gasteiger partial charge on any atom is -0.480 e. The topological polar surface area (TPSA) is 79.3 Å². The van der Waals surface area contributed by atoms with Crippen molar-refractivity contribution in [1.82, 2.24) is 10.3 Å². The van der Waals surface area contributed by atoms with Crippen molar-refractivity contribution in [1.29, 1.82) is 0 Å². The molecular weight excluding hydrogens is 256 g/mol. The molecule has 1 aliphatic rings. The summed E-state index contributed by atoms with van der Waals surface area (Å²) in [5, 5.41) is 13.6. The van der Waals surface area contributed by atoms with Crippen molar-refractivity contribution in [3.8, 4) is 0 Å². The summed E-state index contributed by atoms with van der Waals surface area (Å²) in [6, 6.07) is 7.42. The lowest BCUT2D eigenvalue weighted by atomic mass is 9.76. The number of benzene rings is 1. The monoisotopic (exact) mass is 270 g/mol. The van der Waals surface area contributed by atoms with E-state index in [1.807, 2.05) is 24.3 Å². The lowest BCUT2D eigenvalue weighted by Gasteiger charge is -2.38. The molecule has 0 saturated heterocycles. The first-order valence-corrected chi connectivity index (χ1v) is 6.51. The molecule has 5 heteroatoms. The Hall–Kier alpha value is -2.43. The van der Waals surface area contributed by atoms with Crippen LogP contribution in [0.4, 0.5) is 0 Å². The molecule has 1 amide bonds. The fourth-order valence-corrected chi connectivity index (χ4v) is 2.50. The second-order valence-corrected chi connectivity index (χ2v) is 5.10. The Bertz CT molecular complexity index is 687. The van der Waals surface area contributed by atoms with Crippen molar-refractivity contribution >= 4 is 22.6 Å². The van der Waals surface area contributed by atoms with Gasteiger partial charge in [-0.05, 0) is 24.6 Å². The van der Waals surface area contributed by atoms with E-state index >= 15 is 0 Å². The van der Waals surface area contributed by atoms with Gasteiger partial charge in [-0.1, -0.05) is 24.3 Å². The van der Waals surface area contributed by atoms with E-state index in [0.29, 0.717) is 18.4 Å². The standard InChI is InChI=1S/C15H14N2O3/c18-13(17-15(14(19)20)6-3-7-15)12-9-16-8-10-4-1-2-5-11(10)12/h1-2,4-5,8-9H,3,6-7H2,(H,17,18)(H,19,20). The van der Waals surface area contributed by atoms with Crippen molar-refractivity contribution in [3.63, 3.8) is 0 Å². The predicted molar refractivity (Wildman–Crippen MR) is 73.4 cm³/mol. The van der Waals surface area contributed by atoms with Crippen LogP contribution in [0.15, 0.2) is 36.7 Å². The molecule has 0 unspecified atom stereocenters. The highest BCUT2D eigenvalue weighted by molar-refractivity contribution is 6.08. The van der Waals surface area contributed by atoms with Crippen LogP contribution in [-0.4, -0.2) is 27.5 Å². The number of hydrogen-bond donors (Lipinski definition) is 2. The van der Waals surface area contributed by atoms with Crippen LogP contribution in [0.1, 0.15) is 29.6 Å². The average molecular weight is 270 g/mol. The fourth-order valence-electron chi connectivity index (χ4n) is 2.50. The first-order chi connectivity index (χ1) is 9.62. The number of carboxylic acid groups (broad SMARTS) is 1. The molecule has 1 heterocycles.